The summed E-state index contributed by atoms with van der Waals surface area (Å²) in [6.07, 6.45) is 3.13. The molecule has 1 aliphatic rings. The maximum absolute atomic E-state index is 13.2. The minimum Gasteiger partial charge on any atom is -0.507 e. The smallest absolute Gasteiger partial charge is 0.339 e. The number of primary amides is 1. The average Bonchev–Trinajstić information content (AvgIpc) is 2.91. The van der Waals surface area contributed by atoms with Crippen LogP contribution in [-0.4, -0.2) is 56.0 Å². The third-order valence-corrected chi connectivity index (χ3v) is 11.5. The summed E-state index contributed by atoms with van der Waals surface area (Å²) >= 11 is 0. The molecule has 0 aliphatic carbocycles. The molecule has 0 spiro atoms. The van der Waals surface area contributed by atoms with E-state index in [0.717, 1.165) is 19.4 Å². The van der Waals surface area contributed by atoms with Gasteiger partial charge in [-0.25, -0.2) is 21.6 Å². The number of benzene rings is 1. The maximum atomic E-state index is 13.2. The van der Waals surface area contributed by atoms with Gasteiger partial charge in [0.05, 0.1) is 11.5 Å². The van der Waals surface area contributed by atoms with E-state index in [1.54, 1.807) is 0 Å². The number of amides is 1. The SMILES string of the molecule is CCCC1(CCC)OC(=O)C(C(c2cccc(C(N)=O)c2)C(C)(S(C)(=O)=O)S(C)(=O)=O)=C1O. The second kappa shape index (κ2) is 9.09. The van der Waals surface area contributed by atoms with Crippen LogP contribution in [0.1, 0.15) is 68.3 Å². The summed E-state index contributed by atoms with van der Waals surface area (Å²) in [7, 11) is -8.81. The first-order valence-corrected chi connectivity index (χ1v) is 14.3. The van der Waals surface area contributed by atoms with E-state index in [2.05, 4.69) is 0 Å². The lowest BCUT2D eigenvalue weighted by Crippen LogP contribution is -2.49. The molecule has 0 bridgehead atoms. The Balaban J connectivity index is 3.04. The second-order valence-corrected chi connectivity index (χ2v) is 13.7. The van der Waals surface area contributed by atoms with E-state index in [-0.39, 0.29) is 24.0 Å². The summed E-state index contributed by atoms with van der Waals surface area (Å²) in [4.78, 5) is 24.9. The molecule has 0 radical (unpaired) electrons. The summed E-state index contributed by atoms with van der Waals surface area (Å²) < 4.78 is 55.0. The lowest BCUT2D eigenvalue weighted by Gasteiger charge is -2.35. The number of sulfone groups is 2. The Bertz CT molecular complexity index is 1160. The van der Waals surface area contributed by atoms with Gasteiger partial charge in [0, 0.05) is 18.1 Å². The number of aliphatic hydroxyl groups excluding tert-OH is 1. The highest BCUT2D eigenvalue weighted by molar-refractivity contribution is 8.09. The molecule has 11 heteroatoms. The highest BCUT2D eigenvalue weighted by atomic mass is 32.3. The van der Waals surface area contributed by atoms with Crippen molar-refractivity contribution in [2.45, 2.75) is 62.1 Å². The first-order valence-electron chi connectivity index (χ1n) is 10.5. The fraction of sp³-hybridized carbons (Fsp3) is 0.545. The molecule has 1 atom stereocenters. The van der Waals surface area contributed by atoms with Gasteiger partial charge in [-0.05, 0) is 37.5 Å². The third-order valence-electron chi connectivity index (χ3n) is 6.29. The van der Waals surface area contributed by atoms with Crippen molar-refractivity contribution in [1.82, 2.24) is 0 Å². The van der Waals surface area contributed by atoms with E-state index in [9.17, 15) is 31.5 Å². The molecule has 184 valence electrons. The largest absolute Gasteiger partial charge is 0.507 e. The lowest BCUT2D eigenvalue weighted by molar-refractivity contribution is -0.149. The molecule has 1 heterocycles. The predicted molar refractivity (Wildman–Crippen MR) is 124 cm³/mol. The van der Waals surface area contributed by atoms with Crippen LogP contribution in [0.2, 0.25) is 0 Å². The molecule has 3 N–H and O–H groups in total. The third kappa shape index (κ3) is 4.52. The average molecular weight is 502 g/mol. The lowest BCUT2D eigenvalue weighted by atomic mass is 9.82. The Morgan fingerprint density at radius 3 is 2.06 bits per heavy atom. The molecule has 1 unspecified atom stereocenters. The van der Waals surface area contributed by atoms with Crippen molar-refractivity contribution >= 4 is 31.6 Å². The molecule has 1 amide bonds. The number of hydrogen-bond donors (Lipinski definition) is 2. The monoisotopic (exact) mass is 501 g/mol. The molecule has 0 saturated heterocycles. The normalized spacial score (nSPS) is 17.7. The van der Waals surface area contributed by atoms with Crippen molar-refractivity contribution in [2.24, 2.45) is 5.73 Å². The van der Waals surface area contributed by atoms with Crippen molar-refractivity contribution in [3.05, 3.63) is 46.7 Å². The van der Waals surface area contributed by atoms with E-state index >= 15 is 0 Å². The van der Waals surface area contributed by atoms with E-state index < -0.39 is 58.5 Å². The van der Waals surface area contributed by atoms with Crippen LogP contribution in [0.5, 0.6) is 0 Å². The molecule has 0 fully saturated rings. The number of hydrogen-bond acceptors (Lipinski definition) is 8. The molecule has 33 heavy (non-hydrogen) atoms. The quantitative estimate of drug-likeness (QED) is 0.462. The zero-order valence-electron chi connectivity index (χ0n) is 19.4. The Kier molecular flexibility index (Phi) is 7.40. The Morgan fingerprint density at radius 2 is 1.64 bits per heavy atom. The van der Waals surface area contributed by atoms with Crippen LogP contribution < -0.4 is 5.73 Å². The van der Waals surface area contributed by atoms with Crippen LogP contribution in [0, 0.1) is 0 Å². The molecule has 0 aromatic heterocycles. The molecule has 2 rings (SSSR count). The molecule has 9 nitrogen and oxygen atoms in total. The Morgan fingerprint density at radius 1 is 1.12 bits per heavy atom. The number of carbonyl (C=O) groups excluding carboxylic acids is 2. The molecule has 1 aromatic carbocycles. The topological polar surface area (TPSA) is 158 Å². The predicted octanol–water partition coefficient (Wildman–Crippen LogP) is 2.38. The summed E-state index contributed by atoms with van der Waals surface area (Å²) in [5.41, 5.74) is 3.54. The first kappa shape index (κ1) is 26.8. The molecule has 1 aliphatic heterocycles. The molecule has 1 aromatic rings. The van der Waals surface area contributed by atoms with Crippen LogP contribution in [0.15, 0.2) is 35.6 Å². The minimum atomic E-state index is -4.41. The number of cyclic esters (lactones) is 1. The summed E-state index contributed by atoms with van der Waals surface area (Å²) in [6.45, 7) is 4.66. The van der Waals surface area contributed by atoms with Gasteiger partial charge in [-0.3, -0.25) is 4.79 Å². The standard InChI is InChI=1S/C22H31NO8S2/c1-6-11-22(12-7-2)18(24)16(20(26)31-22)17(14-9-8-10-15(13-14)19(23)25)21(3,32(4,27)28)33(5,29)30/h8-10,13,17,24H,6-7,11-12H2,1-5H3,(H2,23,25). The van der Waals surface area contributed by atoms with E-state index in [1.807, 2.05) is 13.8 Å². The van der Waals surface area contributed by atoms with Crippen LogP contribution in [-0.2, 0) is 29.2 Å². The van der Waals surface area contributed by atoms with E-state index in [0.29, 0.717) is 12.8 Å². The highest BCUT2D eigenvalue weighted by Crippen LogP contribution is 2.50. The van der Waals surface area contributed by atoms with Gasteiger partial charge in [-0.15, -0.1) is 0 Å². The zero-order valence-corrected chi connectivity index (χ0v) is 21.0. The van der Waals surface area contributed by atoms with Crippen molar-refractivity contribution in [1.29, 1.82) is 0 Å². The number of carbonyl (C=O) groups is 2. The first-order chi connectivity index (χ1) is 15.1. The second-order valence-electron chi connectivity index (χ2n) is 8.63. The summed E-state index contributed by atoms with van der Waals surface area (Å²) in [5, 5.41) is 11.3. The van der Waals surface area contributed by atoms with Gasteiger partial charge < -0.3 is 15.6 Å². The fourth-order valence-electron chi connectivity index (χ4n) is 4.46. The van der Waals surface area contributed by atoms with Crippen LogP contribution in [0.4, 0.5) is 0 Å². The highest BCUT2D eigenvalue weighted by Gasteiger charge is 2.60. The van der Waals surface area contributed by atoms with Crippen molar-refractivity contribution in [3.63, 3.8) is 0 Å². The number of esters is 1. The van der Waals surface area contributed by atoms with E-state index in [4.69, 9.17) is 10.5 Å². The van der Waals surface area contributed by atoms with Crippen LogP contribution in [0.25, 0.3) is 0 Å². The number of rotatable bonds is 10. The summed E-state index contributed by atoms with van der Waals surface area (Å²) in [6, 6.07) is 5.39. The molecular formula is C22H31NO8S2. The Hall–Kier alpha value is -2.40. The number of ether oxygens (including phenoxy) is 1. The minimum absolute atomic E-state index is 0.0123. The van der Waals surface area contributed by atoms with Gasteiger partial charge in [0.2, 0.25) is 5.91 Å². The van der Waals surface area contributed by atoms with Gasteiger partial charge in [-0.1, -0.05) is 38.8 Å². The number of aliphatic hydroxyl groups is 1. The van der Waals surface area contributed by atoms with Gasteiger partial charge in [0.15, 0.2) is 29.4 Å². The molecule has 0 saturated carbocycles. The molecular weight excluding hydrogens is 470 g/mol. The van der Waals surface area contributed by atoms with Gasteiger partial charge in [0.25, 0.3) is 0 Å². The number of nitrogens with two attached hydrogens (primary N) is 1. The van der Waals surface area contributed by atoms with Crippen molar-refractivity contribution < 1.29 is 36.3 Å². The van der Waals surface area contributed by atoms with Gasteiger partial charge in [0.1, 0.15) is 5.76 Å². The van der Waals surface area contributed by atoms with Crippen LogP contribution >= 0.6 is 0 Å². The van der Waals surface area contributed by atoms with Crippen LogP contribution in [0.3, 0.4) is 0 Å². The summed E-state index contributed by atoms with van der Waals surface area (Å²) in [5.74, 6) is -3.98. The van der Waals surface area contributed by atoms with Gasteiger partial charge in [-0.2, -0.15) is 0 Å². The fourth-order valence-corrected chi connectivity index (χ4v) is 8.02. The van der Waals surface area contributed by atoms with Gasteiger partial charge >= 0.3 is 5.97 Å². The zero-order chi connectivity index (χ0) is 25.4. The van der Waals surface area contributed by atoms with E-state index in [1.165, 1.54) is 24.3 Å². The van der Waals surface area contributed by atoms with Crippen molar-refractivity contribution in [2.75, 3.05) is 12.5 Å². The Labute approximate surface area is 194 Å². The maximum Gasteiger partial charge on any atom is 0.339 e. The van der Waals surface area contributed by atoms with Crippen molar-refractivity contribution in [3.8, 4) is 0 Å².